The van der Waals surface area contributed by atoms with E-state index in [4.69, 9.17) is 10.00 Å². The fraction of sp³-hybridized carbons (Fsp3) is 0.556. The Hall–Kier alpha value is -1.50. The summed E-state index contributed by atoms with van der Waals surface area (Å²) in [6.45, 7) is 2.17. The summed E-state index contributed by atoms with van der Waals surface area (Å²) in [5, 5.41) is 11.3. The number of nitrogens with zero attached hydrogens (tertiary/aromatic N) is 1. The Labute approximate surface area is 77.2 Å². The lowest BCUT2D eigenvalue weighted by atomic mass is 10.2. The van der Waals surface area contributed by atoms with Crippen molar-refractivity contribution in [1.29, 1.82) is 5.26 Å². The Morgan fingerprint density at radius 3 is 3.31 bits per heavy atom. The first kappa shape index (κ1) is 9.59. The zero-order chi connectivity index (χ0) is 9.68. The van der Waals surface area contributed by atoms with E-state index in [1.54, 1.807) is 6.92 Å². The zero-order valence-corrected chi connectivity index (χ0v) is 7.54. The molecule has 4 heteroatoms. The number of hydrogen-bond acceptors (Lipinski definition) is 4. The van der Waals surface area contributed by atoms with Gasteiger partial charge in [0.15, 0.2) is 0 Å². The van der Waals surface area contributed by atoms with Gasteiger partial charge in [-0.15, -0.1) is 0 Å². The van der Waals surface area contributed by atoms with Crippen LogP contribution in [0.4, 0.5) is 0 Å². The van der Waals surface area contributed by atoms with Gasteiger partial charge in [0.1, 0.15) is 6.04 Å². The molecule has 13 heavy (non-hydrogen) atoms. The quantitative estimate of drug-likeness (QED) is 0.502. The van der Waals surface area contributed by atoms with Crippen LogP contribution in [0.15, 0.2) is 11.8 Å². The van der Waals surface area contributed by atoms with Crippen molar-refractivity contribution in [3.8, 4) is 6.07 Å². The van der Waals surface area contributed by atoms with Crippen molar-refractivity contribution in [2.75, 3.05) is 6.61 Å². The van der Waals surface area contributed by atoms with E-state index in [1.165, 1.54) is 6.08 Å². The Morgan fingerprint density at radius 2 is 2.69 bits per heavy atom. The second kappa shape index (κ2) is 4.51. The predicted octanol–water partition coefficient (Wildman–Crippen LogP) is 0.709. The van der Waals surface area contributed by atoms with Crippen molar-refractivity contribution in [1.82, 2.24) is 5.32 Å². The highest BCUT2D eigenvalue weighted by atomic mass is 16.5. The normalized spacial score (nSPS) is 23.7. The summed E-state index contributed by atoms with van der Waals surface area (Å²) in [4.78, 5) is 11.2. The molecule has 1 fully saturated rings. The molecule has 0 saturated carbocycles. The predicted molar refractivity (Wildman–Crippen MR) is 46.5 cm³/mol. The maximum Gasteiger partial charge on any atom is 0.328 e. The minimum Gasteiger partial charge on any atom is -0.464 e. The van der Waals surface area contributed by atoms with Gasteiger partial charge in [0.2, 0.25) is 0 Å². The maximum absolute atomic E-state index is 11.2. The van der Waals surface area contributed by atoms with Gasteiger partial charge < -0.3 is 10.1 Å². The average molecular weight is 180 g/mol. The molecule has 1 rings (SSSR count). The van der Waals surface area contributed by atoms with Gasteiger partial charge in [-0.1, -0.05) is 0 Å². The van der Waals surface area contributed by atoms with Crippen molar-refractivity contribution in [2.45, 2.75) is 25.8 Å². The lowest BCUT2D eigenvalue weighted by molar-refractivity contribution is -0.145. The number of nitriles is 1. The topological polar surface area (TPSA) is 62.1 Å². The van der Waals surface area contributed by atoms with E-state index >= 15 is 0 Å². The molecule has 0 spiro atoms. The Morgan fingerprint density at radius 1 is 1.92 bits per heavy atom. The summed E-state index contributed by atoms with van der Waals surface area (Å²) in [6.07, 6.45) is 2.89. The van der Waals surface area contributed by atoms with Gasteiger partial charge >= 0.3 is 5.97 Å². The van der Waals surface area contributed by atoms with E-state index in [0.717, 1.165) is 12.1 Å². The van der Waals surface area contributed by atoms with Crippen molar-refractivity contribution in [3.63, 3.8) is 0 Å². The molecule has 0 aromatic carbocycles. The van der Waals surface area contributed by atoms with Crippen molar-refractivity contribution < 1.29 is 9.53 Å². The molecule has 1 atom stereocenters. The van der Waals surface area contributed by atoms with E-state index in [9.17, 15) is 4.79 Å². The molecule has 1 unspecified atom stereocenters. The molecule has 0 bridgehead atoms. The smallest absolute Gasteiger partial charge is 0.328 e. The highest BCUT2D eigenvalue weighted by molar-refractivity contribution is 5.76. The second-order valence-corrected chi connectivity index (χ2v) is 2.79. The summed E-state index contributed by atoms with van der Waals surface area (Å²) in [6, 6.07) is 1.66. The summed E-state index contributed by atoms with van der Waals surface area (Å²) in [5.74, 6) is -0.233. The van der Waals surface area contributed by atoms with Gasteiger partial charge in [0, 0.05) is 11.8 Å². The Balaban J connectivity index is 2.46. The lowest BCUT2D eigenvalue weighted by Gasteiger charge is -2.08. The molecule has 70 valence electrons. The van der Waals surface area contributed by atoms with E-state index in [-0.39, 0.29) is 12.0 Å². The third-order valence-corrected chi connectivity index (χ3v) is 1.87. The van der Waals surface area contributed by atoms with E-state index in [0.29, 0.717) is 13.0 Å². The molecule has 0 amide bonds. The SMILES string of the molecule is CCOC(=O)C1CC/C(=C\C#N)N1. The van der Waals surface area contributed by atoms with Crippen LogP contribution in [0.25, 0.3) is 0 Å². The summed E-state index contributed by atoms with van der Waals surface area (Å²) < 4.78 is 4.84. The number of esters is 1. The molecule has 1 N–H and O–H groups in total. The van der Waals surface area contributed by atoms with E-state index in [2.05, 4.69) is 5.32 Å². The lowest BCUT2D eigenvalue weighted by Crippen LogP contribution is -2.31. The molecule has 1 aliphatic heterocycles. The van der Waals surface area contributed by atoms with Crippen molar-refractivity contribution >= 4 is 5.97 Å². The molecule has 1 saturated heterocycles. The number of carbonyl (C=O) groups is 1. The maximum atomic E-state index is 11.2. The van der Waals surface area contributed by atoms with Crippen LogP contribution >= 0.6 is 0 Å². The molecule has 1 aliphatic rings. The molecule has 0 aliphatic carbocycles. The standard InChI is InChI=1S/C9H12N2O2/c1-2-13-9(12)8-4-3-7(11-8)5-6-10/h5,8,11H,2-4H2,1H3/b7-5+. The van der Waals surface area contributed by atoms with Crippen LogP contribution in [0.2, 0.25) is 0 Å². The third-order valence-electron chi connectivity index (χ3n) is 1.87. The van der Waals surface area contributed by atoms with Crippen LogP contribution in [0.3, 0.4) is 0 Å². The summed E-state index contributed by atoms with van der Waals surface area (Å²) >= 11 is 0. The number of rotatable bonds is 2. The van der Waals surface area contributed by atoms with E-state index in [1.807, 2.05) is 6.07 Å². The third kappa shape index (κ3) is 2.48. The molecule has 0 aromatic heterocycles. The number of carbonyl (C=O) groups excluding carboxylic acids is 1. The highest BCUT2D eigenvalue weighted by Crippen LogP contribution is 2.15. The van der Waals surface area contributed by atoms with Gasteiger partial charge in [-0.25, -0.2) is 4.79 Å². The minimum absolute atomic E-state index is 0.233. The van der Waals surface area contributed by atoms with Gasteiger partial charge in [0.05, 0.1) is 12.7 Å². The summed E-state index contributed by atoms with van der Waals surface area (Å²) in [5.41, 5.74) is 0.820. The Kier molecular flexibility index (Phi) is 3.32. The van der Waals surface area contributed by atoms with Crippen LogP contribution in [-0.2, 0) is 9.53 Å². The van der Waals surface area contributed by atoms with Gasteiger partial charge in [-0.05, 0) is 19.8 Å². The van der Waals surface area contributed by atoms with Gasteiger partial charge in [0.25, 0.3) is 0 Å². The van der Waals surface area contributed by atoms with Crippen LogP contribution in [0, 0.1) is 11.3 Å². The first-order valence-corrected chi connectivity index (χ1v) is 4.29. The molecule has 0 radical (unpaired) electrons. The fourth-order valence-corrected chi connectivity index (χ4v) is 1.28. The van der Waals surface area contributed by atoms with E-state index < -0.39 is 0 Å². The average Bonchev–Trinajstić information content (AvgIpc) is 2.54. The van der Waals surface area contributed by atoms with Crippen molar-refractivity contribution in [3.05, 3.63) is 11.8 Å². The monoisotopic (exact) mass is 180 g/mol. The molecule has 0 aromatic rings. The largest absolute Gasteiger partial charge is 0.464 e. The van der Waals surface area contributed by atoms with Crippen molar-refractivity contribution in [2.24, 2.45) is 0 Å². The molecule has 4 nitrogen and oxygen atoms in total. The number of allylic oxidation sites excluding steroid dienone is 2. The highest BCUT2D eigenvalue weighted by Gasteiger charge is 2.25. The zero-order valence-electron chi connectivity index (χ0n) is 7.54. The molecular formula is C9H12N2O2. The van der Waals surface area contributed by atoms with Crippen LogP contribution in [-0.4, -0.2) is 18.6 Å². The van der Waals surface area contributed by atoms with Crippen LogP contribution in [0.1, 0.15) is 19.8 Å². The number of ether oxygens (including phenoxy) is 1. The number of nitrogens with one attached hydrogen (secondary N) is 1. The summed E-state index contributed by atoms with van der Waals surface area (Å²) in [7, 11) is 0. The first-order chi connectivity index (χ1) is 6.27. The van der Waals surface area contributed by atoms with Gasteiger partial charge in [-0.3, -0.25) is 0 Å². The van der Waals surface area contributed by atoms with Gasteiger partial charge in [-0.2, -0.15) is 5.26 Å². The fourth-order valence-electron chi connectivity index (χ4n) is 1.28. The Bertz CT molecular complexity index is 265. The minimum atomic E-state index is -0.264. The van der Waals surface area contributed by atoms with Crippen LogP contribution < -0.4 is 5.32 Å². The molecular weight excluding hydrogens is 168 g/mol. The molecule has 1 heterocycles. The number of hydrogen-bond donors (Lipinski definition) is 1. The second-order valence-electron chi connectivity index (χ2n) is 2.79. The first-order valence-electron chi connectivity index (χ1n) is 4.29. The van der Waals surface area contributed by atoms with Crippen LogP contribution in [0.5, 0.6) is 0 Å².